The minimum absolute atomic E-state index is 0.538. The molecule has 3 heteroatoms. The molecule has 0 amide bonds. The predicted molar refractivity (Wildman–Crippen MR) is 47.1 cm³/mol. The van der Waals surface area contributed by atoms with Crippen LogP contribution in [0.25, 0.3) is 0 Å². The van der Waals surface area contributed by atoms with E-state index in [-0.39, 0.29) is 0 Å². The van der Waals surface area contributed by atoms with E-state index >= 15 is 0 Å². The lowest BCUT2D eigenvalue weighted by Crippen LogP contribution is -2.11. The molecule has 0 aromatic carbocycles. The molecular formula is C7H15NOS. The predicted octanol–water partition coefficient (Wildman–Crippen LogP) is 1.48. The Morgan fingerprint density at radius 2 is 2.20 bits per heavy atom. The smallest absolute Gasteiger partial charge is 0.0750 e. The topological polar surface area (TPSA) is 35.2 Å². The van der Waals surface area contributed by atoms with Gasteiger partial charge in [-0.05, 0) is 6.42 Å². The summed E-state index contributed by atoms with van der Waals surface area (Å²) < 4.78 is 5.22. The molecule has 0 heterocycles. The van der Waals surface area contributed by atoms with Gasteiger partial charge in [-0.3, -0.25) is 0 Å². The van der Waals surface area contributed by atoms with E-state index in [0.717, 1.165) is 13.0 Å². The van der Waals surface area contributed by atoms with Gasteiger partial charge in [-0.25, -0.2) is 0 Å². The number of hydrogen-bond donors (Lipinski definition) is 1. The van der Waals surface area contributed by atoms with E-state index in [1.54, 1.807) is 0 Å². The molecule has 0 bridgehead atoms. The number of unbranched alkanes of at least 4 members (excludes halogenated alkanes) is 1. The zero-order valence-electron chi connectivity index (χ0n) is 6.43. The molecule has 0 saturated carbocycles. The van der Waals surface area contributed by atoms with Gasteiger partial charge in [0, 0.05) is 13.0 Å². The lowest BCUT2D eigenvalue weighted by molar-refractivity contribution is 0.138. The quantitative estimate of drug-likeness (QED) is 0.473. The first kappa shape index (κ1) is 9.85. The van der Waals surface area contributed by atoms with E-state index in [2.05, 4.69) is 19.1 Å². The molecule has 0 aliphatic carbocycles. The van der Waals surface area contributed by atoms with Crippen LogP contribution in [0.2, 0.25) is 0 Å². The van der Waals surface area contributed by atoms with Gasteiger partial charge in [0.15, 0.2) is 0 Å². The number of thiocarbonyl (C=S) groups is 1. The Bertz CT molecular complexity index is 95.6. The van der Waals surface area contributed by atoms with Gasteiger partial charge in [-0.1, -0.05) is 25.6 Å². The Morgan fingerprint density at radius 3 is 2.70 bits per heavy atom. The van der Waals surface area contributed by atoms with E-state index in [1.807, 2.05) is 0 Å². The van der Waals surface area contributed by atoms with E-state index < -0.39 is 0 Å². The van der Waals surface area contributed by atoms with Crippen molar-refractivity contribution in [2.24, 2.45) is 5.73 Å². The second kappa shape index (κ2) is 6.96. The molecule has 2 N–H and O–H groups in total. The fourth-order valence-electron chi connectivity index (χ4n) is 0.521. The SMILES string of the molecule is CCCCOCCC(N)=S. The highest BCUT2D eigenvalue weighted by atomic mass is 32.1. The second-order valence-corrected chi connectivity index (χ2v) is 2.71. The van der Waals surface area contributed by atoms with Gasteiger partial charge in [-0.2, -0.15) is 0 Å². The van der Waals surface area contributed by atoms with Crippen LogP contribution >= 0.6 is 12.2 Å². The van der Waals surface area contributed by atoms with Crippen molar-refractivity contribution < 1.29 is 4.74 Å². The summed E-state index contributed by atoms with van der Waals surface area (Å²) in [6.07, 6.45) is 3.00. The monoisotopic (exact) mass is 161 g/mol. The van der Waals surface area contributed by atoms with Crippen LogP contribution < -0.4 is 5.73 Å². The maximum Gasteiger partial charge on any atom is 0.0750 e. The van der Waals surface area contributed by atoms with Crippen molar-refractivity contribution in [3.8, 4) is 0 Å². The van der Waals surface area contributed by atoms with Crippen LogP contribution in [0.1, 0.15) is 26.2 Å². The zero-order valence-corrected chi connectivity index (χ0v) is 7.25. The average Bonchev–Trinajstić information content (AvgIpc) is 1.87. The van der Waals surface area contributed by atoms with Crippen molar-refractivity contribution in [2.45, 2.75) is 26.2 Å². The molecule has 0 aromatic rings. The molecule has 0 atom stereocenters. The highest BCUT2D eigenvalue weighted by Gasteiger charge is 1.89. The first-order chi connectivity index (χ1) is 4.77. The van der Waals surface area contributed by atoms with E-state index in [9.17, 15) is 0 Å². The van der Waals surface area contributed by atoms with Crippen molar-refractivity contribution in [2.75, 3.05) is 13.2 Å². The zero-order chi connectivity index (χ0) is 7.82. The molecule has 2 nitrogen and oxygen atoms in total. The molecule has 0 aliphatic rings. The van der Waals surface area contributed by atoms with Gasteiger partial charge in [0.05, 0.1) is 11.6 Å². The Morgan fingerprint density at radius 1 is 1.50 bits per heavy atom. The van der Waals surface area contributed by atoms with Gasteiger partial charge in [0.25, 0.3) is 0 Å². The minimum Gasteiger partial charge on any atom is -0.393 e. The molecule has 10 heavy (non-hydrogen) atoms. The Labute approximate surface area is 67.7 Å². The first-order valence-corrected chi connectivity index (χ1v) is 4.04. The molecule has 0 unspecified atom stereocenters. The van der Waals surface area contributed by atoms with E-state index in [4.69, 9.17) is 10.5 Å². The summed E-state index contributed by atoms with van der Waals surface area (Å²) in [7, 11) is 0. The molecular weight excluding hydrogens is 146 g/mol. The minimum atomic E-state index is 0.538. The van der Waals surface area contributed by atoms with Crippen molar-refractivity contribution in [3.05, 3.63) is 0 Å². The van der Waals surface area contributed by atoms with Crippen molar-refractivity contribution in [1.29, 1.82) is 0 Å². The van der Waals surface area contributed by atoms with Crippen LogP contribution in [-0.2, 0) is 4.74 Å². The third-order valence-corrected chi connectivity index (χ3v) is 1.34. The third-order valence-electron chi connectivity index (χ3n) is 1.14. The summed E-state index contributed by atoms with van der Waals surface area (Å²) in [5.41, 5.74) is 5.26. The number of nitrogens with two attached hydrogens (primary N) is 1. The van der Waals surface area contributed by atoms with Gasteiger partial charge < -0.3 is 10.5 Å². The molecule has 60 valence electrons. The molecule has 0 aliphatic heterocycles. The van der Waals surface area contributed by atoms with Gasteiger partial charge in [0.2, 0.25) is 0 Å². The van der Waals surface area contributed by atoms with Crippen LogP contribution in [0, 0.1) is 0 Å². The molecule has 0 saturated heterocycles. The first-order valence-electron chi connectivity index (χ1n) is 3.63. The van der Waals surface area contributed by atoms with Crippen molar-refractivity contribution >= 4 is 17.2 Å². The van der Waals surface area contributed by atoms with Crippen LogP contribution in [-0.4, -0.2) is 18.2 Å². The molecule has 0 radical (unpaired) electrons. The molecule has 0 spiro atoms. The molecule has 0 aromatic heterocycles. The lowest BCUT2D eigenvalue weighted by Gasteiger charge is -2.00. The number of rotatable bonds is 6. The Balaban J connectivity index is 2.84. The highest BCUT2D eigenvalue weighted by molar-refractivity contribution is 7.80. The van der Waals surface area contributed by atoms with Crippen LogP contribution in [0.15, 0.2) is 0 Å². The van der Waals surface area contributed by atoms with Crippen LogP contribution in [0.3, 0.4) is 0 Å². The molecule has 0 rings (SSSR count). The van der Waals surface area contributed by atoms with Crippen molar-refractivity contribution in [3.63, 3.8) is 0 Å². The van der Waals surface area contributed by atoms with Crippen LogP contribution in [0.4, 0.5) is 0 Å². The summed E-state index contributed by atoms with van der Waals surface area (Å²) in [5, 5.41) is 0. The highest BCUT2D eigenvalue weighted by Crippen LogP contribution is 1.89. The Hall–Kier alpha value is -0.150. The maximum atomic E-state index is 5.26. The Kier molecular flexibility index (Phi) is 6.86. The number of hydrogen-bond acceptors (Lipinski definition) is 2. The summed E-state index contributed by atoms with van der Waals surface area (Å²) in [5.74, 6) is 0. The molecule has 0 fully saturated rings. The van der Waals surface area contributed by atoms with Crippen molar-refractivity contribution in [1.82, 2.24) is 0 Å². The van der Waals surface area contributed by atoms with E-state index in [1.165, 1.54) is 6.42 Å². The standard InChI is InChI=1S/C7H15NOS/c1-2-3-5-9-6-4-7(8)10/h2-6H2,1H3,(H2,8,10). The fourth-order valence-corrected chi connectivity index (χ4v) is 0.605. The number of ether oxygens (including phenoxy) is 1. The average molecular weight is 161 g/mol. The normalized spacial score (nSPS) is 9.70. The van der Waals surface area contributed by atoms with E-state index in [0.29, 0.717) is 18.0 Å². The second-order valence-electron chi connectivity index (χ2n) is 2.18. The summed E-state index contributed by atoms with van der Waals surface area (Å²) in [4.78, 5) is 0.538. The van der Waals surface area contributed by atoms with Gasteiger partial charge >= 0.3 is 0 Å². The van der Waals surface area contributed by atoms with Gasteiger partial charge in [-0.15, -0.1) is 0 Å². The fraction of sp³-hybridized carbons (Fsp3) is 0.857. The van der Waals surface area contributed by atoms with Crippen LogP contribution in [0.5, 0.6) is 0 Å². The third kappa shape index (κ3) is 7.85. The summed E-state index contributed by atoms with van der Waals surface area (Å²) in [6, 6.07) is 0. The summed E-state index contributed by atoms with van der Waals surface area (Å²) in [6.45, 7) is 3.64. The largest absolute Gasteiger partial charge is 0.393 e. The van der Waals surface area contributed by atoms with Gasteiger partial charge in [0.1, 0.15) is 0 Å². The lowest BCUT2D eigenvalue weighted by atomic mass is 10.4. The summed E-state index contributed by atoms with van der Waals surface area (Å²) >= 11 is 4.67. The maximum absolute atomic E-state index is 5.26.